The van der Waals surface area contributed by atoms with Crippen LogP contribution in [0.1, 0.15) is 17.2 Å². The van der Waals surface area contributed by atoms with Crippen LogP contribution in [0.25, 0.3) is 0 Å². The van der Waals surface area contributed by atoms with E-state index in [4.69, 9.17) is 23.7 Å². The first-order valence-electron chi connectivity index (χ1n) is 12.9. The number of benzene rings is 3. The van der Waals surface area contributed by atoms with Crippen LogP contribution in [-0.2, 0) is 24.7 Å². The first-order chi connectivity index (χ1) is 19.4. The van der Waals surface area contributed by atoms with Gasteiger partial charge >= 0.3 is 5.97 Å². The minimum Gasteiger partial charge on any atom is -0.497 e. The minimum absolute atomic E-state index is 0.334. The molecule has 2 amide bonds. The van der Waals surface area contributed by atoms with Gasteiger partial charge in [-0.2, -0.15) is 0 Å². The van der Waals surface area contributed by atoms with E-state index in [2.05, 4.69) is 5.32 Å². The lowest BCUT2D eigenvalue weighted by Gasteiger charge is -2.33. The van der Waals surface area contributed by atoms with Crippen LogP contribution in [0.4, 0.5) is 5.69 Å². The molecule has 2 saturated heterocycles. The largest absolute Gasteiger partial charge is 0.497 e. The molecule has 0 saturated carbocycles. The molecular weight excluding hydrogens is 516 g/mol. The fourth-order valence-corrected chi connectivity index (χ4v) is 6.11. The van der Waals surface area contributed by atoms with E-state index in [0.29, 0.717) is 53.0 Å². The van der Waals surface area contributed by atoms with Crippen molar-refractivity contribution in [2.75, 3.05) is 39.4 Å². The first kappa shape index (κ1) is 25.7. The predicted octanol–water partition coefficient (Wildman–Crippen LogP) is 2.99. The molecule has 3 aromatic carbocycles. The normalized spacial score (nSPS) is 25.0. The van der Waals surface area contributed by atoms with Gasteiger partial charge in [-0.25, -0.2) is 9.69 Å². The number of carbonyl (C=O) groups excluding carboxylic acids is 3. The summed E-state index contributed by atoms with van der Waals surface area (Å²) in [6.07, 6.45) is 0. The van der Waals surface area contributed by atoms with E-state index in [9.17, 15) is 14.4 Å². The molecule has 2 fully saturated rings. The molecule has 3 heterocycles. The van der Waals surface area contributed by atoms with Gasteiger partial charge in [-0.1, -0.05) is 36.4 Å². The molecule has 40 heavy (non-hydrogen) atoms. The molecule has 0 radical (unpaired) electrons. The van der Waals surface area contributed by atoms with Crippen molar-refractivity contribution in [3.05, 3.63) is 77.9 Å². The standard InChI is InChI=1S/C30H28N2O8/c1-36-19-10-11-20(22(16-19)37-2)26-24-25(30(31-26,29(35)38-3)17-7-5-4-6-8-17)28(34)32(27(24)33)18-9-12-21-23(15-18)40-14-13-39-21/h4-12,15-16,24-26,31H,13-14H2,1-3H3/t24-,25+,26+,30+/m1/s1. The second-order valence-electron chi connectivity index (χ2n) is 9.74. The number of carbonyl (C=O) groups is 3. The quantitative estimate of drug-likeness (QED) is 0.370. The zero-order valence-corrected chi connectivity index (χ0v) is 22.2. The van der Waals surface area contributed by atoms with Crippen molar-refractivity contribution in [1.29, 1.82) is 0 Å². The Morgan fingerprint density at radius 2 is 1.65 bits per heavy atom. The second kappa shape index (κ2) is 9.87. The van der Waals surface area contributed by atoms with E-state index in [0.717, 1.165) is 4.90 Å². The van der Waals surface area contributed by atoms with Gasteiger partial charge in [0.05, 0.1) is 38.9 Å². The van der Waals surface area contributed by atoms with Crippen molar-refractivity contribution in [2.24, 2.45) is 11.8 Å². The van der Waals surface area contributed by atoms with Gasteiger partial charge in [-0.15, -0.1) is 0 Å². The highest BCUT2D eigenvalue weighted by Gasteiger charge is 2.70. The van der Waals surface area contributed by atoms with Crippen LogP contribution in [0, 0.1) is 11.8 Å². The number of hydrogen-bond acceptors (Lipinski definition) is 9. The maximum absolute atomic E-state index is 14.3. The highest BCUT2D eigenvalue weighted by atomic mass is 16.6. The summed E-state index contributed by atoms with van der Waals surface area (Å²) in [5.74, 6) is -1.74. The summed E-state index contributed by atoms with van der Waals surface area (Å²) in [4.78, 5) is 43.5. The van der Waals surface area contributed by atoms with E-state index in [1.807, 2.05) is 6.07 Å². The Hall–Kier alpha value is -4.57. The van der Waals surface area contributed by atoms with Gasteiger partial charge in [0.1, 0.15) is 24.7 Å². The van der Waals surface area contributed by atoms with Crippen molar-refractivity contribution in [3.8, 4) is 23.0 Å². The van der Waals surface area contributed by atoms with E-state index >= 15 is 0 Å². The lowest BCUT2D eigenvalue weighted by Crippen LogP contribution is -2.53. The summed E-state index contributed by atoms with van der Waals surface area (Å²) >= 11 is 0. The zero-order chi connectivity index (χ0) is 28.0. The summed E-state index contributed by atoms with van der Waals surface area (Å²) in [6.45, 7) is 0.764. The van der Waals surface area contributed by atoms with Crippen molar-refractivity contribution < 1.29 is 38.1 Å². The van der Waals surface area contributed by atoms with Gasteiger partial charge in [0.15, 0.2) is 17.0 Å². The molecule has 4 atom stereocenters. The molecule has 0 bridgehead atoms. The van der Waals surface area contributed by atoms with Gasteiger partial charge in [-0.3, -0.25) is 14.9 Å². The Balaban J connectivity index is 1.54. The number of nitrogens with zero attached hydrogens (tertiary/aromatic N) is 1. The van der Waals surface area contributed by atoms with Crippen molar-refractivity contribution >= 4 is 23.5 Å². The molecule has 0 aromatic heterocycles. The maximum atomic E-state index is 14.3. The Labute approximate surface area is 230 Å². The molecule has 3 aromatic rings. The molecule has 10 nitrogen and oxygen atoms in total. The smallest absolute Gasteiger partial charge is 0.331 e. The highest BCUT2D eigenvalue weighted by Crippen LogP contribution is 2.55. The van der Waals surface area contributed by atoms with Crippen molar-refractivity contribution in [2.45, 2.75) is 11.6 Å². The third-order valence-corrected chi connectivity index (χ3v) is 7.86. The number of hydrogen-bond donors (Lipinski definition) is 1. The molecule has 1 N–H and O–H groups in total. The lowest BCUT2D eigenvalue weighted by atomic mass is 9.75. The Kier molecular flexibility index (Phi) is 6.34. The van der Waals surface area contributed by atoms with Crippen LogP contribution in [0.2, 0.25) is 0 Å². The maximum Gasteiger partial charge on any atom is 0.331 e. The molecule has 206 valence electrons. The molecule has 3 aliphatic heterocycles. The third kappa shape index (κ3) is 3.70. The Morgan fingerprint density at radius 3 is 2.35 bits per heavy atom. The second-order valence-corrected chi connectivity index (χ2v) is 9.74. The molecule has 0 unspecified atom stereocenters. The number of methoxy groups -OCH3 is 3. The number of imide groups is 1. The third-order valence-electron chi connectivity index (χ3n) is 7.86. The first-order valence-corrected chi connectivity index (χ1v) is 12.9. The van der Waals surface area contributed by atoms with Crippen molar-refractivity contribution in [3.63, 3.8) is 0 Å². The van der Waals surface area contributed by atoms with Gasteiger partial charge in [0.2, 0.25) is 11.8 Å². The fourth-order valence-electron chi connectivity index (χ4n) is 6.11. The van der Waals surface area contributed by atoms with Crippen LogP contribution in [0.5, 0.6) is 23.0 Å². The van der Waals surface area contributed by atoms with E-state index in [1.54, 1.807) is 67.8 Å². The molecule has 0 spiro atoms. The van der Waals surface area contributed by atoms with E-state index in [1.165, 1.54) is 14.2 Å². The van der Waals surface area contributed by atoms with Crippen LogP contribution < -0.4 is 29.2 Å². The van der Waals surface area contributed by atoms with Crippen molar-refractivity contribution in [1.82, 2.24) is 5.32 Å². The number of ether oxygens (including phenoxy) is 5. The molecular formula is C30H28N2O8. The topological polar surface area (TPSA) is 113 Å². The van der Waals surface area contributed by atoms with Gasteiger partial charge in [-0.05, 0) is 23.8 Å². The lowest BCUT2D eigenvalue weighted by molar-refractivity contribution is -0.152. The summed E-state index contributed by atoms with van der Waals surface area (Å²) in [7, 11) is 4.32. The van der Waals surface area contributed by atoms with E-state index < -0.39 is 41.2 Å². The summed E-state index contributed by atoms with van der Waals surface area (Å²) < 4.78 is 27.7. The Bertz CT molecular complexity index is 1490. The van der Waals surface area contributed by atoms with Crippen LogP contribution in [0.3, 0.4) is 0 Å². The highest BCUT2D eigenvalue weighted by molar-refractivity contribution is 6.24. The summed E-state index contributed by atoms with van der Waals surface area (Å²) in [5.41, 5.74) is -0.200. The number of anilines is 1. The molecule has 6 rings (SSSR count). The molecule has 10 heteroatoms. The number of esters is 1. The van der Waals surface area contributed by atoms with Crippen LogP contribution in [0.15, 0.2) is 66.7 Å². The summed E-state index contributed by atoms with van der Waals surface area (Å²) in [6, 6.07) is 18.2. The van der Waals surface area contributed by atoms with Crippen LogP contribution in [-0.4, -0.2) is 52.3 Å². The number of rotatable bonds is 6. The number of nitrogens with one attached hydrogen (secondary N) is 1. The van der Waals surface area contributed by atoms with Gasteiger partial charge in [0, 0.05) is 23.7 Å². The van der Waals surface area contributed by atoms with E-state index in [-0.39, 0.29) is 0 Å². The fraction of sp³-hybridized carbons (Fsp3) is 0.300. The minimum atomic E-state index is -1.65. The zero-order valence-electron chi connectivity index (χ0n) is 22.2. The monoisotopic (exact) mass is 544 g/mol. The average molecular weight is 545 g/mol. The average Bonchev–Trinajstić information content (AvgIpc) is 3.50. The Morgan fingerprint density at radius 1 is 0.900 bits per heavy atom. The van der Waals surface area contributed by atoms with Crippen LogP contribution >= 0.6 is 0 Å². The molecule has 0 aliphatic carbocycles. The number of amides is 2. The van der Waals surface area contributed by atoms with Gasteiger partial charge < -0.3 is 23.7 Å². The summed E-state index contributed by atoms with van der Waals surface area (Å²) in [5, 5.41) is 3.38. The number of fused-ring (bicyclic) bond motifs is 2. The SMILES string of the molecule is COC(=O)[C@@]1(c2ccccc2)N[C@@H](c2ccc(OC)cc2OC)[C@@H]2C(=O)N(c3ccc4c(c3)OCCO4)C(=O)[C@H]21. The van der Waals surface area contributed by atoms with Gasteiger partial charge in [0.25, 0.3) is 0 Å². The molecule has 3 aliphatic rings. The predicted molar refractivity (Wildman–Crippen MR) is 142 cm³/mol.